The van der Waals surface area contributed by atoms with Gasteiger partial charge < -0.3 is 5.73 Å². The smallest absolute Gasteiger partial charge is 0.289 e. The minimum absolute atomic E-state index is 0.139. The van der Waals surface area contributed by atoms with Gasteiger partial charge in [0.2, 0.25) is 0 Å². The first-order valence-electron chi connectivity index (χ1n) is 3.59. The molecule has 1 unspecified atom stereocenters. The number of aromatic nitrogens is 1. The number of rotatable bonds is 2. The van der Waals surface area contributed by atoms with Crippen molar-refractivity contribution in [1.29, 1.82) is 0 Å². The SMILES string of the molecule is CC(N)C(F)(F)c1cccnc1. The van der Waals surface area contributed by atoms with Gasteiger partial charge in [-0.15, -0.1) is 0 Å². The predicted molar refractivity (Wildman–Crippen MR) is 41.8 cm³/mol. The zero-order valence-electron chi connectivity index (χ0n) is 6.67. The highest BCUT2D eigenvalue weighted by Gasteiger charge is 2.36. The number of nitrogens with two attached hydrogens (primary N) is 1. The van der Waals surface area contributed by atoms with Gasteiger partial charge in [-0.25, -0.2) is 0 Å². The minimum atomic E-state index is -2.99. The second kappa shape index (κ2) is 3.15. The molecule has 0 aliphatic rings. The molecule has 4 heteroatoms. The second-order valence-corrected chi connectivity index (χ2v) is 2.65. The Kier molecular flexibility index (Phi) is 2.38. The molecule has 0 saturated heterocycles. The van der Waals surface area contributed by atoms with E-state index in [1.165, 1.54) is 25.3 Å². The third-order valence-corrected chi connectivity index (χ3v) is 1.62. The van der Waals surface area contributed by atoms with E-state index in [0.717, 1.165) is 6.20 Å². The number of hydrogen-bond acceptors (Lipinski definition) is 2. The Morgan fingerprint density at radius 3 is 2.67 bits per heavy atom. The Bertz CT molecular complexity index is 246. The van der Waals surface area contributed by atoms with Crippen molar-refractivity contribution in [2.75, 3.05) is 0 Å². The molecule has 0 fully saturated rings. The standard InChI is InChI=1S/C8H10F2N2/c1-6(11)8(9,10)7-3-2-4-12-5-7/h2-6H,11H2,1H3. The first-order valence-corrected chi connectivity index (χ1v) is 3.59. The minimum Gasteiger partial charge on any atom is -0.323 e. The van der Waals surface area contributed by atoms with Crippen molar-refractivity contribution < 1.29 is 8.78 Å². The van der Waals surface area contributed by atoms with E-state index >= 15 is 0 Å². The van der Waals surface area contributed by atoms with Crippen molar-refractivity contribution in [3.05, 3.63) is 30.1 Å². The maximum absolute atomic E-state index is 13.1. The van der Waals surface area contributed by atoms with Crippen molar-refractivity contribution in [2.24, 2.45) is 5.73 Å². The lowest BCUT2D eigenvalue weighted by atomic mass is 10.1. The first-order chi connectivity index (χ1) is 5.55. The van der Waals surface area contributed by atoms with Gasteiger partial charge in [-0.05, 0) is 19.1 Å². The van der Waals surface area contributed by atoms with Gasteiger partial charge in [-0.3, -0.25) is 4.98 Å². The molecular formula is C8H10F2N2. The maximum Gasteiger partial charge on any atom is 0.289 e. The average Bonchev–Trinajstić information content (AvgIpc) is 2.06. The molecule has 0 aliphatic heterocycles. The number of halogens is 2. The summed E-state index contributed by atoms with van der Waals surface area (Å²) in [5.74, 6) is -2.99. The monoisotopic (exact) mass is 172 g/mol. The van der Waals surface area contributed by atoms with Crippen LogP contribution in [0.5, 0.6) is 0 Å². The Morgan fingerprint density at radius 1 is 1.58 bits per heavy atom. The van der Waals surface area contributed by atoms with Crippen LogP contribution < -0.4 is 5.73 Å². The Morgan fingerprint density at radius 2 is 2.25 bits per heavy atom. The summed E-state index contributed by atoms with van der Waals surface area (Å²) in [6.07, 6.45) is 2.57. The lowest BCUT2D eigenvalue weighted by molar-refractivity contribution is -0.0259. The van der Waals surface area contributed by atoms with Crippen molar-refractivity contribution in [2.45, 2.75) is 18.9 Å². The molecule has 1 aromatic rings. The van der Waals surface area contributed by atoms with Gasteiger partial charge in [0.05, 0.1) is 6.04 Å². The molecule has 0 aromatic carbocycles. The summed E-state index contributed by atoms with van der Waals surface area (Å²) in [6.45, 7) is 1.27. The van der Waals surface area contributed by atoms with Crippen LogP contribution >= 0.6 is 0 Å². The summed E-state index contributed by atoms with van der Waals surface area (Å²) in [5.41, 5.74) is 4.99. The molecule has 2 nitrogen and oxygen atoms in total. The Labute approximate surface area is 69.4 Å². The van der Waals surface area contributed by atoms with Gasteiger partial charge in [0.25, 0.3) is 5.92 Å². The van der Waals surface area contributed by atoms with Gasteiger partial charge in [0.1, 0.15) is 0 Å². The van der Waals surface area contributed by atoms with E-state index in [2.05, 4.69) is 4.98 Å². The van der Waals surface area contributed by atoms with Gasteiger partial charge in [-0.2, -0.15) is 8.78 Å². The number of hydrogen-bond donors (Lipinski definition) is 1. The van der Waals surface area contributed by atoms with Crippen molar-refractivity contribution in [1.82, 2.24) is 4.98 Å². The first kappa shape index (κ1) is 9.06. The Balaban J connectivity index is 2.98. The molecule has 0 bridgehead atoms. The van der Waals surface area contributed by atoms with E-state index in [4.69, 9.17) is 5.73 Å². The van der Waals surface area contributed by atoms with Crippen molar-refractivity contribution in [3.63, 3.8) is 0 Å². The van der Waals surface area contributed by atoms with Crippen LogP contribution in [0.25, 0.3) is 0 Å². The molecule has 12 heavy (non-hydrogen) atoms. The van der Waals surface area contributed by atoms with Crippen LogP contribution in [0.4, 0.5) is 8.78 Å². The third-order valence-electron chi connectivity index (χ3n) is 1.62. The number of pyridine rings is 1. The van der Waals surface area contributed by atoms with Gasteiger partial charge in [0.15, 0.2) is 0 Å². The lowest BCUT2D eigenvalue weighted by Crippen LogP contribution is -2.35. The summed E-state index contributed by atoms with van der Waals surface area (Å²) in [6, 6.07) is 1.59. The zero-order chi connectivity index (χ0) is 9.19. The molecule has 1 atom stereocenters. The highest BCUT2D eigenvalue weighted by atomic mass is 19.3. The van der Waals surface area contributed by atoms with E-state index in [1.54, 1.807) is 0 Å². The maximum atomic E-state index is 13.1. The quantitative estimate of drug-likeness (QED) is 0.734. The second-order valence-electron chi connectivity index (χ2n) is 2.65. The van der Waals surface area contributed by atoms with Gasteiger partial charge >= 0.3 is 0 Å². The summed E-state index contributed by atoms with van der Waals surface area (Å²) >= 11 is 0. The predicted octanol–water partition coefficient (Wildman–Crippen LogP) is 1.52. The molecule has 1 heterocycles. The zero-order valence-corrected chi connectivity index (χ0v) is 6.67. The summed E-state index contributed by atoms with van der Waals surface area (Å²) in [5, 5.41) is 0. The molecule has 0 spiro atoms. The lowest BCUT2D eigenvalue weighted by Gasteiger charge is -2.19. The number of alkyl halides is 2. The topological polar surface area (TPSA) is 38.9 Å². The van der Waals surface area contributed by atoms with E-state index in [9.17, 15) is 8.78 Å². The summed E-state index contributed by atoms with van der Waals surface area (Å²) in [4.78, 5) is 3.60. The van der Waals surface area contributed by atoms with Crippen LogP contribution in [0, 0.1) is 0 Å². The van der Waals surface area contributed by atoms with E-state index in [0.29, 0.717) is 0 Å². The average molecular weight is 172 g/mol. The molecule has 1 aromatic heterocycles. The summed E-state index contributed by atoms with van der Waals surface area (Å²) in [7, 11) is 0. The van der Waals surface area contributed by atoms with E-state index in [-0.39, 0.29) is 5.56 Å². The molecule has 0 aliphatic carbocycles. The fraction of sp³-hybridized carbons (Fsp3) is 0.375. The fourth-order valence-electron chi connectivity index (χ4n) is 0.823. The largest absolute Gasteiger partial charge is 0.323 e. The van der Waals surface area contributed by atoms with Crippen LogP contribution in [0.1, 0.15) is 12.5 Å². The molecule has 0 saturated carbocycles. The third kappa shape index (κ3) is 1.58. The molecule has 66 valence electrons. The highest BCUT2D eigenvalue weighted by Crippen LogP contribution is 2.29. The molecule has 0 amide bonds. The van der Waals surface area contributed by atoms with E-state index in [1.807, 2.05) is 0 Å². The normalized spacial score (nSPS) is 14.3. The van der Waals surface area contributed by atoms with E-state index < -0.39 is 12.0 Å². The van der Waals surface area contributed by atoms with Crippen molar-refractivity contribution in [3.8, 4) is 0 Å². The van der Waals surface area contributed by atoms with Crippen LogP contribution in [0.15, 0.2) is 24.5 Å². The summed E-state index contributed by atoms with van der Waals surface area (Å²) < 4.78 is 26.2. The molecule has 1 rings (SSSR count). The van der Waals surface area contributed by atoms with Gasteiger partial charge in [0, 0.05) is 18.0 Å². The molecular weight excluding hydrogens is 162 g/mol. The molecule has 0 radical (unpaired) electrons. The number of nitrogens with zero attached hydrogens (tertiary/aromatic N) is 1. The Hall–Kier alpha value is -1.03. The van der Waals surface area contributed by atoms with Crippen molar-refractivity contribution >= 4 is 0 Å². The van der Waals surface area contributed by atoms with Crippen LogP contribution in [-0.2, 0) is 5.92 Å². The van der Waals surface area contributed by atoms with Crippen LogP contribution in [-0.4, -0.2) is 11.0 Å². The van der Waals surface area contributed by atoms with Crippen LogP contribution in [0.2, 0.25) is 0 Å². The van der Waals surface area contributed by atoms with Crippen LogP contribution in [0.3, 0.4) is 0 Å². The van der Waals surface area contributed by atoms with Gasteiger partial charge in [-0.1, -0.05) is 0 Å². The molecule has 2 N–H and O–H groups in total. The highest BCUT2D eigenvalue weighted by molar-refractivity contribution is 5.16. The fourth-order valence-corrected chi connectivity index (χ4v) is 0.823.